The average molecular weight is 509 g/mol. The summed E-state index contributed by atoms with van der Waals surface area (Å²) in [6.07, 6.45) is -12.0. The van der Waals surface area contributed by atoms with Crippen molar-refractivity contribution in [1.29, 1.82) is 0 Å². The number of nitrogens with one attached hydrogen (secondary N) is 1. The standard InChI is InChI=1S/C26H21F6NO3/c1-35-19-8-5-9-20-22(19)23-17(13-36-20)21(14-6-3-2-4-7-14)16-12-15(10-11-18(16)33-23)24(34,25(27,28)29)26(30,31)32/h2-12,17,21,23,33-34H,13H2,1H3. The summed E-state index contributed by atoms with van der Waals surface area (Å²) in [4.78, 5) is 0. The Hall–Kier alpha value is -3.40. The molecule has 10 heteroatoms. The number of methoxy groups -OCH3 is 1. The summed E-state index contributed by atoms with van der Waals surface area (Å²) in [5.74, 6) is 0.101. The average Bonchev–Trinajstić information content (AvgIpc) is 2.85. The Balaban J connectivity index is 1.72. The minimum atomic E-state index is -5.98. The summed E-state index contributed by atoms with van der Waals surface area (Å²) in [7, 11) is 1.51. The van der Waals surface area contributed by atoms with E-state index in [0.717, 1.165) is 12.1 Å². The molecule has 3 unspecified atom stereocenters. The molecule has 0 spiro atoms. The summed E-state index contributed by atoms with van der Waals surface area (Å²) < 4.78 is 93.3. The minimum Gasteiger partial charge on any atom is -0.496 e. The zero-order valence-electron chi connectivity index (χ0n) is 18.8. The van der Waals surface area contributed by atoms with Gasteiger partial charge in [-0.15, -0.1) is 0 Å². The van der Waals surface area contributed by atoms with E-state index in [1.165, 1.54) is 7.11 Å². The maximum atomic E-state index is 13.6. The van der Waals surface area contributed by atoms with Crippen LogP contribution in [0, 0.1) is 5.92 Å². The molecule has 2 aliphatic rings. The number of ether oxygens (including phenoxy) is 2. The minimum absolute atomic E-state index is 0.157. The smallest absolute Gasteiger partial charge is 0.430 e. The molecular weight excluding hydrogens is 488 g/mol. The number of rotatable bonds is 3. The highest BCUT2D eigenvalue weighted by Crippen LogP contribution is 2.56. The van der Waals surface area contributed by atoms with Crippen molar-refractivity contribution in [3.63, 3.8) is 0 Å². The van der Waals surface area contributed by atoms with E-state index in [-0.39, 0.29) is 12.2 Å². The highest BCUT2D eigenvalue weighted by Gasteiger charge is 2.71. The fourth-order valence-electron chi connectivity index (χ4n) is 5.25. The molecular formula is C26H21F6NO3. The van der Waals surface area contributed by atoms with E-state index in [1.807, 2.05) is 0 Å². The van der Waals surface area contributed by atoms with E-state index in [0.29, 0.717) is 34.4 Å². The summed E-state index contributed by atoms with van der Waals surface area (Å²) in [5.41, 5.74) is -4.34. The zero-order valence-corrected chi connectivity index (χ0v) is 18.8. The molecule has 3 aromatic carbocycles. The van der Waals surface area contributed by atoms with Gasteiger partial charge < -0.3 is 19.9 Å². The Morgan fingerprint density at radius 1 is 0.917 bits per heavy atom. The number of fused-ring (bicyclic) bond motifs is 4. The van der Waals surface area contributed by atoms with Crippen LogP contribution in [0.3, 0.4) is 0 Å². The molecule has 0 saturated heterocycles. The number of aliphatic hydroxyl groups is 1. The predicted molar refractivity (Wildman–Crippen MR) is 119 cm³/mol. The van der Waals surface area contributed by atoms with E-state index in [1.54, 1.807) is 48.5 Å². The Morgan fingerprint density at radius 2 is 1.61 bits per heavy atom. The third-order valence-corrected chi connectivity index (χ3v) is 6.94. The first-order chi connectivity index (χ1) is 17.0. The highest BCUT2D eigenvalue weighted by molar-refractivity contribution is 5.64. The monoisotopic (exact) mass is 509 g/mol. The van der Waals surface area contributed by atoms with Crippen LogP contribution in [0.5, 0.6) is 11.5 Å². The number of halogens is 6. The molecule has 0 fully saturated rings. The summed E-state index contributed by atoms with van der Waals surface area (Å²) in [6.45, 7) is 0.157. The SMILES string of the molecule is COc1cccc2c1C1Nc3ccc(C(O)(C(F)(F)F)C(F)(F)F)cc3C(c3ccccc3)C1CO2. The van der Waals surface area contributed by atoms with Crippen molar-refractivity contribution >= 4 is 5.69 Å². The molecule has 4 nitrogen and oxygen atoms in total. The summed E-state index contributed by atoms with van der Waals surface area (Å²) in [5, 5.41) is 13.3. The first-order valence-electron chi connectivity index (χ1n) is 11.1. The van der Waals surface area contributed by atoms with Crippen molar-refractivity contribution in [3.8, 4) is 11.5 Å². The first kappa shape index (κ1) is 24.3. The lowest BCUT2D eigenvalue weighted by atomic mass is 9.70. The first-order valence-corrected chi connectivity index (χ1v) is 11.1. The third-order valence-electron chi connectivity index (χ3n) is 6.94. The van der Waals surface area contributed by atoms with Crippen molar-refractivity contribution in [1.82, 2.24) is 0 Å². The van der Waals surface area contributed by atoms with Crippen LogP contribution in [-0.4, -0.2) is 31.2 Å². The van der Waals surface area contributed by atoms with Gasteiger partial charge in [-0.2, -0.15) is 26.3 Å². The van der Waals surface area contributed by atoms with Gasteiger partial charge in [0.15, 0.2) is 0 Å². The van der Waals surface area contributed by atoms with Gasteiger partial charge in [0.1, 0.15) is 11.5 Å². The van der Waals surface area contributed by atoms with Gasteiger partial charge in [0.2, 0.25) is 0 Å². The molecule has 0 radical (unpaired) electrons. The molecule has 3 aromatic rings. The molecule has 2 aliphatic heterocycles. The van der Waals surface area contributed by atoms with Crippen molar-refractivity contribution < 1.29 is 40.9 Å². The van der Waals surface area contributed by atoms with Gasteiger partial charge in [0.25, 0.3) is 5.60 Å². The van der Waals surface area contributed by atoms with Crippen LogP contribution in [-0.2, 0) is 5.60 Å². The lowest BCUT2D eigenvalue weighted by Gasteiger charge is -2.45. The van der Waals surface area contributed by atoms with Gasteiger partial charge in [0.05, 0.1) is 25.3 Å². The Bertz CT molecular complexity index is 1250. The Morgan fingerprint density at radius 3 is 2.25 bits per heavy atom. The Kier molecular flexibility index (Phi) is 5.62. The maximum absolute atomic E-state index is 13.6. The van der Waals surface area contributed by atoms with Crippen LogP contribution in [0.15, 0.2) is 66.7 Å². The second-order valence-corrected chi connectivity index (χ2v) is 8.87. The second kappa shape index (κ2) is 8.33. The van der Waals surface area contributed by atoms with E-state index in [2.05, 4.69) is 5.32 Å². The van der Waals surface area contributed by atoms with Gasteiger partial charge in [0, 0.05) is 23.1 Å². The van der Waals surface area contributed by atoms with E-state index >= 15 is 0 Å². The molecule has 0 bridgehead atoms. The van der Waals surface area contributed by atoms with Crippen LogP contribution in [0.4, 0.5) is 32.0 Å². The number of hydrogen-bond donors (Lipinski definition) is 2. The predicted octanol–water partition coefficient (Wildman–Crippen LogP) is 6.31. The Labute approximate surface area is 202 Å². The highest BCUT2D eigenvalue weighted by atomic mass is 19.4. The van der Waals surface area contributed by atoms with Crippen molar-refractivity contribution in [2.24, 2.45) is 5.92 Å². The van der Waals surface area contributed by atoms with Crippen molar-refractivity contribution in [2.45, 2.75) is 29.9 Å². The van der Waals surface area contributed by atoms with Gasteiger partial charge in [-0.3, -0.25) is 0 Å². The fourth-order valence-corrected chi connectivity index (χ4v) is 5.25. The number of hydrogen-bond acceptors (Lipinski definition) is 4. The zero-order chi connectivity index (χ0) is 25.9. The van der Waals surface area contributed by atoms with Crippen molar-refractivity contribution in [3.05, 3.63) is 89.0 Å². The fraction of sp³-hybridized carbons (Fsp3) is 0.308. The second-order valence-electron chi connectivity index (χ2n) is 8.87. The summed E-state index contributed by atoms with van der Waals surface area (Å²) in [6, 6.07) is 16.3. The largest absolute Gasteiger partial charge is 0.496 e. The van der Waals surface area contributed by atoms with Gasteiger partial charge >= 0.3 is 12.4 Å². The van der Waals surface area contributed by atoms with Crippen LogP contribution >= 0.6 is 0 Å². The third kappa shape index (κ3) is 3.57. The lowest BCUT2D eigenvalue weighted by Crippen LogP contribution is -2.54. The number of alkyl halides is 6. The number of benzene rings is 3. The topological polar surface area (TPSA) is 50.7 Å². The summed E-state index contributed by atoms with van der Waals surface area (Å²) >= 11 is 0. The molecule has 0 saturated carbocycles. The van der Waals surface area contributed by atoms with Gasteiger partial charge in [-0.25, -0.2) is 0 Å². The molecule has 190 valence electrons. The van der Waals surface area contributed by atoms with Crippen LogP contribution in [0.2, 0.25) is 0 Å². The van der Waals surface area contributed by atoms with Gasteiger partial charge in [-0.05, 0) is 35.4 Å². The van der Waals surface area contributed by atoms with E-state index in [9.17, 15) is 31.4 Å². The molecule has 2 heterocycles. The van der Waals surface area contributed by atoms with Crippen molar-refractivity contribution in [2.75, 3.05) is 19.0 Å². The molecule has 5 rings (SSSR count). The number of anilines is 1. The van der Waals surface area contributed by atoms with E-state index < -0.39 is 41.4 Å². The molecule has 0 amide bonds. The molecule has 36 heavy (non-hydrogen) atoms. The van der Waals surface area contributed by atoms with Crippen LogP contribution in [0.25, 0.3) is 0 Å². The van der Waals surface area contributed by atoms with Crippen LogP contribution < -0.4 is 14.8 Å². The van der Waals surface area contributed by atoms with Crippen LogP contribution in [0.1, 0.15) is 34.2 Å². The quantitative estimate of drug-likeness (QED) is 0.406. The maximum Gasteiger partial charge on any atom is 0.430 e. The molecule has 3 atom stereocenters. The van der Waals surface area contributed by atoms with E-state index in [4.69, 9.17) is 9.47 Å². The molecule has 0 aromatic heterocycles. The molecule has 0 aliphatic carbocycles. The molecule has 2 N–H and O–H groups in total. The normalized spacial score (nSPS) is 21.4. The lowest BCUT2D eigenvalue weighted by molar-refractivity contribution is -0.376. The van der Waals surface area contributed by atoms with Gasteiger partial charge in [-0.1, -0.05) is 42.5 Å².